The van der Waals surface area contributed by atoms with Crippen molar-refractivity contribution in [2.45, 2.75) is 51.1 Å². The number of imidazole rings is 1. The van der Waals surface area contributed by atoms with Gasteiger partial charge < -0.3 is 14.6 Å². The Bertz CT molecular complexity index is 534. The Hall–Kier alpha value is -1.85. The quantitative estimate of drug-likeness (QED) is 0.836. The van der Waals surface area contributed by atoms with Gasteiger partial charge >= 0.3 is 5.97 Å². The monoisotopic (exact) mass is 291 g/mol. The SMILES string of the molecule is COC(=O)[C@@H]1Cc2nc[nH]c2CN1C(=O)C1CCCCC1. The summed E-state index contributed by atoms with van der Waals surface area (Å²) in [5.41, 5.74) is 1.79. The van der Waals surface area contributed by atoms with E-state index in [1.54, 1.807) is 11.2 Å². The number of aromatic amines is 1. The van der Waals surface area contributed by atoms with Gasteiger partial charge in [0.25, 0.3) is 0 Å². The molecule has 1 atom stereocenters. The Labute approximate surface area is 123 Å². The maximum Gasteiger partial charge on any atom is 0.329 e. The highest BCUT2D eigenvalue weighted by molar-refractivity contribution is 5.86. The number of H-pyrrole nitrogens is 1. The second kappa shape index (κ2) is 5.87. The van der Waals surface area contributed by atoms with Crippen LogP contribution < -0.4 is 0 Å². The van der Waals surface area contributed by atoms with Gasteiger partial charge in [0, 0.05) is 12.3 Å². The maximum atomic E-state index is 12.8. The van der Waals surface area contributed by atoms with Gasteiger partial charge in [-0.15, -0.1) is 0 Å². The van der Waals surface area contributed by atoms with Crippen LogP contribution in [0.2, 0.25) is 0 Å². The summed E-state index contributed by atoms with van der Waals surface area (Å²) in [5, 5.41) is 0. The van der Waals surface area contributed by atoms with E-state index >= 15 is 0 Å². The van der Waals surface area contributed by atoms with Crippen LogP contribution in [-0.4, -0.2) is 39.9 Å². The van der Waals surface area contributed by atoms with E-state index < -0.39 is 6.04 Å². The summed E-state index contributed by atoms with van der Waals surface area (Å²) in [6.45, 7) is 0.421. The van der Waals surface area contributed by atoms with Crippen LogP contribution in [0.3, 0.4) is 0 Å². The van der Waals surface area contributed by atoms with Crippen LogP contribution in [0.4, 0.5) is 0 Å². The molecular weight excluding hydrogens is 270 g/mol. The fourth-order valence-electron chi connectivity index (χ4n) is 3.40. The van der Waals surface area contributed by atoms with E-state index in [0.29, 0.717) is 13.0 Å². The Morgan fingerprint density at radius 2 is 2.10 bits per heavy atom. The van der Waals surface area contributed by atoms with Crippen molar-refractivity contribution >= 4 is 11.9 Å². The predicted molar refractivity (Wildman–Crippen MR) is 75.2 cm³/mol. The Morgan fingerprint density at radius 1 is 1.33 bits per heavy atom. The van der Waals surface area contributed by atoms with Gasteiger partial charge in [0.15, 0.2) is 0 Å². The van der Waals surface area contributed by atoms with E-state index in [2.05, 4.69) is 9.97 Å². The van der Waals surface area contributed by atoms with Crippen LogP contribution in [0.5, 0.6) is 0 Å². The molecule has 0 bridgehead atoms. The average Bonchev–Trinajstić information content (AvgIpc) is 3.00. The molecule has 0 spiro atoms. The number of aromatic nitrogens is 2. The summed E-state index contributed by atoms with van der Waals surface area (Å²) in [6, 6.07) is -0.541. The number of esters is 1. The van der Waals surface area contributed by atoms with Crippen molar-refractivity contribution in [2.24, 2.45) is 5.92 Å². The number of ether oxygens (including phenoxy) is 1. The zero-order chi connectivity index (χ0) is 14.8. The molecule has 1 amide bonds. The standard InChI is InChI=1S/C15H21N3O3/c1-21-15(20)13-7-11-12(17-9-16-11)8-18(13)14(19)10-5-3-2-4-6-10/h9-10,13H,2-8H2,1H3,(H,16,17)/t13-/m0/s1. The van der Waals surface area contributed by atoms with E-state index in [9.17, 15) is 9.59 Å². The molecule has 0 unspecified atom stereocenters. The van der Waals surface area contributed by atoms with Crippen molar-refractivity contribution in [3.63, 3.8) is 0 Å². The van der Waals surface area contributed by atoms with Crippen LogP contribution in [-0.2, 0) is 27.3 Å². The Morgan fingerprint density at radius 3 is 2.81 bits per heavy atom. The molecule has 2 heterocycles. The number of fused-ring (bicyclic) bond motifs is 1. The number of hydrogen-bond donors (Lipinski definition) is 1. The molecule has 1 N–H and O–H groups in total. The number of carbonyl (C=O) groups excluding carboxylic acids is 2. The number of amides is 1. The van der Waals surface area contributed by atoms with Crippen LogP contribution in [0.15, 0.2) is 6.33 Å². The predicted octanol–water partition coefficient (Wildman–Crippen LogP) is 1.42. The van der Waals surface area contributed by atoms with Crippen LogP contribution >= 0.6 is 0 Å². The Kier molecular flexibility index (Phi) is 3.94. The summed E-state index contributed by atoms with van der Waals surface area (Å²) in [6.07, 6.45) is 7.31. The molecule has 0 saturated heterocycles. The first kappa shape index (κ1) is 14.1. The van der Waals surface area contributed by atoms with Gasteiger partial charge in [-0.2, -0.15) is 0 Å². The topological polar surface area (TPSA) is 75.3 Å². The van der Waals surface area contributed by atoms with Gasteiger partial charge in [-0.3, -0.25) is 4.79 Å². The van der Waals surface area contributed by atoms with Gasteiger partial charge in [-0.25, -0.2) is 9.78 Å². The van der Waals surface area contributed by atoms with Crippen molar-refractivity contribution < 1.29 is 14.3 Å². The van der Waals surface area contributed by atoms with Gasteiger partial charge in [0.05, 0.1) is 31.4 Å². The van der Waals surface area contributed by atoms with Gasteiger partial charge in [-0.1, -0.05) is 19.3 Å². The van der Waals surface area contributed by atoms with Crippen molar-refractivity contribution in [3.8, 4) is 0 Å². The molecule has 1 fully saturated rings. The van der Waals surface area contributed by atoms with Crippen molar-refractivity contribution in [2.75, 3.05) is 7.11 Å². The minimum absolute atomic E-state index is 0.0513. The van der Waals surface area contributed by atoms with Gasteiger partial charge in [0.2, 0.25) is 5.91 Å². The molecule has 1 aromatic heterocycles. The number of nitrogens with zero attached hydrogens (tertiary/aromatic N) is 2. The number of nitrogens with one attached hydrogen (secondary N) is 1. The molecule has 1 aliphatic heterocycles. The lowest BCUT2D eigenvalue weighted by molar-refractivity contribution is -0.156. The fraction of sp³-hybridized carbons (Fsp3) is 0.667. The lowest BCUT2D eigenvalue weighted by Crippen LogP contribution is -2.51. The zero-order valence-electron chi connectivity index (χ0n) is 12.3. The molecule has 6 heteroatoms. The third kappa shape index (κ3) is 2.66. The van der Waals surface area contributed by atoms with E-state index in [0.717, 1.165) is 37.1 Å². The molecule has 0 aromatic carbocycles. The second-order valence-corrected chi connectivity index (χ2v) is 5.87. The first-order chi connectivity index (χ1) is 10.2. The first-order valence-electron chi connectivity index (χ1n) is 7.60. The molecule has 6 nitrogen and oxygen atoms in total. The first-order valence-corrected chi connectivity index (χ1v) is 7.60. The van der Waals surface area contributed by atoms with Crippen LogP contribution in [0, 0.1) is 5.92 Å². The molecule has 2 aliphatic rings. The summed E-state index contributed by atoms with van der Waals surface area (Å²) >= 11 is 0. The Balaban J connectivity index is 1.83. The maximum absolute atomic E-state index is 12.8. The average molecular weight is 291 g/mol. The van der Waals surface area contributed by atoms with Gasteiger partial charge in [-0.05, 0) is 12.8 Å². The third-order valence-corrected chi connectivity index (χ3v) is 4.61. The van der Waals surface area contributed by atoms with E-state index in [1.165, 1.54) is 13.5 Å². The van der Waals surface area contributed by atoms with Crippen LogP contribution in [0.1, 0.15) is 43.5 Å². The molecule has 3 rings (SSSR count). The molecule has 1 aromatic rings. The largest absolute Gasteiger partial charge is 0.467 e. The molecule has 21 heavy (non-hydrogen) atoms. The zero-order valence-corrected chi connectivity index (χ0v) is 12.3. The molecule has 1 aliphatic carbocycles. The minimum atomic E-state index is -0.541. The summed E-state index contributed by atoms with van der Waals surface area (Å²) in [7, 11) is 1.37. The number of hydrogen-bond acceptors (Lipinski definition) is 4. The lowest BCUT2D eigenvalue weighted by Gasteiger charge is -2.36. The number of rotatable bonds is 2. The van der Waals surface area contributed by atoms with E-state index in [1.807, 2.05) is 0 Å². The second-order valence-electron chi connectivity index (χ2n) is 5.87. The molecule has 114 valence electrons. The summed E-state index contributed by atoms with van der Waals surface area (Å²) < 4.78 is 4.88. The highest BCUT2D eigenvalue weighted by atomic mass is 16.5. The smallest absolute Gasteiger partial charge is 0.329 e. The minimum Gasteiger partial charge on any atom is -0.467 e. The van der Waals surface area contributed by atoms with Gasteiger partial charge in [0.1, 0.15) is 6.04 Å². The number of carbonyl (C=O) groups is 2. The molecule has 0 radical (unpaired) electrons. The normalized spacial score (nSPS) is 22.7. The van der Waals surface area contributed by atoms with Crippen molar-refractivity contribution in [1.82, 2.24) is 14.9 Å². The van der Waals surface area contributed by atoms with Crippen LogP contribution in [0.25, 0.3) is 0 Å². The number of methoxy groups -OCH3 is 1. The van der Waals surface area contributed by atoms with E-state index in [4.69, 9.17) is 4.74 Å². The highest BCUT2D eigenvalue weighted by Crippen LogP contribution is 2.29. The van der Waals surface area contributed by atoms with Crippen molar-refractivity contribution in [3.05, 3.63) is 17.7 Å². The van der Waals surface area contributed by atoms with Crippen molar-refractivity contribution in [1.29, 1.82) is 0 Å². The fourth-order valence-corrected chi connectivity index (χ4v) is 3.40. The van der Waals surface area contributed by atoms with E-state index in [-0.39, 0.29) is 17.8 Å². The molecule has 1 saturated carbocycles. The highest BCUT2D eigenvalue weighted by Gasteiger charge is 2.39. The third-order valence-electron chi connectivity index (χ3n) is 4.61. The lowest BCUT2D eigenvalue weighted by atomic mass is 9.87. The molecular formula is C15H21N3O3. The summed E-state index contributed by atoms with van der Waals surface area (Å²) in [4.78, 5) is 33.8. The summed E-state index contributed by atoms with van der Waals surface area (Å²) in [5.74, 6) is -0.214.